The molecule has 5 nitrogen and oxygen atoms in total. The number of aryl methyl sites for hydroxylation is 1. The Morgan fingerprint density at radius 3 is 2.47 bits per heavy atom. The Kier molecular flexibility index (Phi) is 3.36. The number of piperidine rings is 1. The second-order valence-corrected chi connectivity index (χ2v) is 4.68. The second-order valence-electron chi connectivity index (χ2n) is 4.68. The van der Waals surface area contributed by atoms with Gasteiger partial charge in [0, 0.05) is 13.1 Å². The summed E-state index contributed by atoms with van der Waals surface area (Å²) in [5, 5.41) is 4.29. The first-order valence-electron chi connectivity index (χ1n) is 6.17. The van der Waals surface area contributed by atoms with E-state index in [1.54, 1.807) is 4.68 Å². The van der Waals surface area contributed by atoms with Gasteiger partial charge in [-0.3, -0.25) is 9.48 Å². The summed E-state index contributed by atoms with van der Waals surface area (Å²) in [4.78, 5) is 14.0. The second kappa shape index (κ2) is 4.77. The van der Waals surface area contributed by atoms with Crippen LogP contribution in [-0.2, 0) is 11.3 Å². The standard InChI is InChI=1S/C12H20N4O/c1-9-12(13)10(2)16(14-9)8-11(17)15-6-4-3-5-7-15/h3-8,13H2,1-2H3. The molecule has 2 rings (SSSR count). The van der Waals surface area contributed by atoms with Crippen molar-refractivity contribution in [2.24, 2.45) is 0 Å². The summed E-state index contributed by atoms with van der Waals surface area (Å²) < 4.78 is 1.71. The molecule has 0 radical (unpaired) electrons. The van der Waals surface area contributed by atoms with Crippen LogP contribution in [0.3, 0.4) is 0 Å². The van der Waals surface area contributed by atoms with E-state index in [-0.39, 0.29) is 5.91 Å². The molecule has 0 aromatic carbocycles. The Hall–Kier alpha value is -1.52. The van der Waals surface area contributed by atoms with Crippen molar-refractivity contribution in [3.05, 3.63) is 11.4 Å². The number of aromatic nitrogens is 2. The average molecular weight is 236 g/mol. The van der Waals surface area contributed by atoms with E-state index in [0.717, 1.165) is 37.3 Å². The highest BCUT2D eigenvalue weighted by molar-refractivity contribution is 5.76. The lowest BCUT2D eigenvalue weighted by Crippen LogP contribution is -2.38. The molecule has 1 amide bonds. The normalized spacial score (nSPS) is 16.2. The smallest absolute Gasteiger partial charge is 0.244 e. The number of nitrogens with two attached hydrogens (primary N) is 1. The molecule has 0 bridgehead atoms. The monoisotopic (exact) mass is 236 g/mol. The van der Waals surface area contributed by atoms with Gasteiger partial charge in [0.2, 0.25) is 5.91 Å². The van der Waals surface area contributed by atoms with Crippen molar-refractivity contribution in [1.29, 1.82) is 0 Å². The minimum atomic E-state index is 0.148. The van der Waals surface area contributed by atoms with Gasteiger partial charge >= 0.3 is 0 Å². The van der Waals surface area contributed by atoms with Crippen molar-refractivity contribution < 1.29 is 4.79 Å². The van der Waals surface area contributed by atoms with E-state index in [0.29, 0.717) is 12.2 Å². The lowest BCUT2D eigenvalue weighted by molar-refractivity contribution is -0.132. The van der Waals surface area contributed by atoms with Crippen molar-refractivity contribution >= 4 is 11.6 Å². The summed E-state index contributed by atoms with van der Waals surface area (Å²) in [6, 6.07) is 0. The highest BCUT2D eigenvalue weighted by atomic mass is 16.2. The lowest BCUT2D eigenvalue weighted by atomic mass is 10.1. The number of amides is 1. The van der Waals surface area contributed by atoms with Gasteiger partial charge in [-0.15, -0.1) is 0 Å². The number of likely N-dealkylation sites (tertiary alicyclic amines) is 1. The van der Waals surface area contributed by atoms with Gasteiger partial charge in [-0.2, -0.15) is 5.10 Å². The summed E-state index contributed by atoms with van der Waals surface area (Å²) in [6.07, 6.45) is 3.46. The van der Waals surface area contributed by atoms with Crippen molar-refractivity contribution in [3.8, 4) is 0 Å². The Morgan fingerprint density at radius 2 is 1.94 bits per heavy atom. The molecule has 1 aromatic heterocycles. The zero-order valence-electron chi connectivity index (χ0n) is 10.6. The SMILES string of the molecule is Cc1nn(CC(=O)N2CCCCC2)c(C)c1N. The van der Waals surface area contributed by atoms with Crippen LogP contribution >= 0.6 is 0 Å². The van der Waals surface area contributed by atoms with E-state index in [4.69, 9.17) is 5.73 Å². The van der Waals surface area contributed by atoms with E-state index in [2.05, 4.69) is 5.10 Å². The zero-order valence-corrected chi connectivity index (χ0v) is 10.6. The number of nitrogens with zero attached hydrogens (tertiary/aromatic N) is 3. The van der Waals surface area contributed by atoms with Crippen molar-refractivity contribution in [2.45, 2.75) is 39.7 Å². The molecule has 1 saturated heterocycles. The van der Waals surface area contributed by atoms with Crippen molar-refractivity contribution in [1.82, 2.24) is 14.7 Å². The number of rotatable bonds is 2. The van der Waals surface area contributed by atoms with Crippen LogP contribution < -0.4 is 5.73 Å². The van der Waals surface area contributed by atoms with Crippen LogP contribution in [-0.4, -0.2) is 33.7 Å². The van der Waals surface area contributed by atoms with E-state index in [1.807, 2.05) is 18.7 Å². The van der Waals surface area contributed by atoms with Gasteiger partial charge in [-0.05, 0) is 33.1 Å². The van der Waals surface area contributed by atoms with Crippen molar-refractivity contribution in [2.75, 3.05) is 18.8 Å². The molecular formula is C12H20N4O. The summed E-state index contributed by atoms with van der Waals surface area (Å²) in [6.45, 7) is 5.84. The minimum absolute atomic E-state index is 0.148. The molecule has 1 aliphatic rings. The van der Waals surface area contributed by atoms with Gasteiger partial charge in [-0.25, -0.2) is 0 Å². The van der Waals surface area contributed by atoms with Crippen LogP contribution in [0.2, 0.25) is 0 Å². The maximum absolute atomic E-state index is 12.1. The van der Waals surface area contributed by atoms with Gasteiger partial charge in [0.05, 0.1) is 17.1 Å². The number of hydrogen-bond acceptors (Lipinski definition) is 3. The van der Waals surface area contributed by atoms with Gasteiger partial charge in [-0.1, -0.05) is 0 Å². The van der Waals surface area contributed by atoms with Crippen molar-refractivity contribution in [3.63, 3.8) is 0 Å². The highest BCUT2D eigenvalue weighted by Gasteiger charge is 2.18. The topological polar surface area (TPSA) is 64.2 Å². The molecule has 0 unspecified atom stereocenters. The number of anilines is 1. The fourth-order valence-corrected chi connectivity index (χ4v) is 2.24. The molecular weight excluding hydrogens is 216 g/mol. The average Bonchev–Trinajstić information content (AvgIpc) is 2.58. The van der Waals surface area contributed by atoms with Gasteiger partial charge in [0.25, 0.3) is 0 Å². The van der Waals surface area contributed by atoms with Crippen LogP contribution in [0.1, 0.15) is 30.7 Å². The summed E-state index contributed by atoms with van der Waals surface area (Å²) in [5.41, 5.74) is 8.22. The number of hydrogen-bond donors (Lipinski definition) is 1. The quantitative estimate of drug-likeness (QED) is 0.836. The fourth-order valence-electron chi connectivity index (χ4n) is 2.24. The molecule has 2 heterocycles. The fraction of sp³-hybridized carbons (Fsp3) is 0.667. The van der Waals surface area contributed by atoms with E-state index < -0.39 is 0 Å². The first kappa shape index (κ1) is 12.0. The third-order valence-corrected chi connectivity index (χ3v) is 3.43. The third kappa shape index (κ3) is 2.43. The Balaban J connectivity index is 2.04. The summed E-state index contributed by atoms with van der Waals surface area (Å²) >= 11 is 0. The molecule has 0 atom stereocenters. The molecule has 5 heteroatoms. The van der Waals surface area contributed by atoms with Crippen LogP contribution in [0.15, 0.2) is 0 Å². The predicted molar refractivity (Wildman–Crippen MR) is 66.5 cm³/mol. The Bertz CT molecular complexity index is 418. The number of carbonyl (C=O) groups excluding carboxylic acids is 1. The van der Waals surface area contributed by atoms with Crippen LogP contribution in [0, 0.1) is 13.8 Å². The van der Waals surface area contributed by atoms with Gasteiger partial charge in [0.15, 0.2) is 0 Å². The Morgan fingerprint density at radius 1 is 1.29 bits per heavy atom. The minimum Gasteiger partial charge on any atom is -0.396 e. The molecule has 2 N–H and O–H groups in total. The van der Waals surface area contributed by atoms with E-state index >= 15 is 0 Å². The largest absolute Gasteiger partial charge is 0.396 e. The Labute approximate surface area is 102 Å². The van der Waals surface area contributed by atoms with Gasteiger partial charge < -0.3 is 10.6 Å². The van der Waals surface area contributed by atoms with E-state index in [1.165, 1.54) is 6.42 Å². The molecule has 1 aliphatic heterocycles. The van der Waals surface area contributed by atoms with Crippen LogP contribution in [0.4, 0.5) is 5.69 Å². The molecule has 0 spiro atoms. The number of carbonyl (C=O) groups is 1. The predicted octanol–water partition coefficient (Wildman–Crippen LogP) is 1.09. The summed E-state index contributed by atoms with van der Waals surface area (Å²) in [7, 11) is 0. The van der Waals surface area contributed by atoms with Crippen LogP contribution in [0.5, 0.6) is 0 Å². The van der Waals surface area contributed by atoms with Gasteiger partial charge in [0.1, 0.15) is 6.54 Å². The molecule has 1 aromatic rings. The molecule has 1 fully saturated rings. The van der Waals surface area contributed by atoms with Crippen LogP contribution in [0.25, 0.3) is 0 Å². The van der Waals surface area contributed by atoms with E-state index in [9.17, 15) is 4.79 Å². The molecule has 17 heavy (non-hydrogen) atoms. The summed E-state index contributed by atoms with van der Waals surface area (Å²) in [5.74, 6) is 0.148. The molecule has 94 valence electrons. The zero-order chi connectivity index (χ0) is 12.4. The first-order chi connectivity index (χ1) is 8.09. The maximum atomic E-state index is 12.1. The first-order valence-corrected chi connectivity index (χ1v) is 6.17. The molecule has 0 saturated carbocycles. The maximum Gasteiger partial charge on any atom is 0.244 e. The molecule has 0 aliphatic carbocycles. The number of nitrogen functional groups attached to an aromatic ring is 1. The third-order valence-electron chi connectivity index (χ3n) is 3.43. The lowest BCUT2D eigenvalue weighted by Gasteiger charge is -2.26. The highest BCUT2D eigenvalue weighted by Crippen LogP contribution is 2.15.